The molecule has 0 saturated carbocycles. The smallest absolute Gasteiger partial charge is 0.158 e. The van der Waals surface area contributed by atoms with E-state index in [4.69, 9.17) is 5.11 Å². The van der Waals surface area contributed by atoms with Crippen molar-refractivity contribution in [1.29, 1.82) is 0 Å². The van der Waals surface area contributed by atoms with Gasteiger partial charge in [0.2, 0.25) is 0 Å². The normalized spacial score (nSPS) is 10.2. The Morgan fingerprint density at radius 1 is 1.00 bits per heavy atom. The average Bonchev–Trinajstić information content (AvgIpc) is 2.62. The molecule has 2 rings (SSSR count). The minimum absolute atomic E-state index is 0.102. The van der Waals surface area contributed by atoms with Gasteiger partial charge >= 0.3 is 0 Å². The number of benzene rings is 1. The molecule has 3 nitrogen and oxygen atoms in total. The molecule has 0 radical (unpaired) electrons. The third-order valence-electron chi connectivity index (χ3n) is 1.88. The molecule has 66 valence electrons. The van der Waals surface area contributed by atoms with Gasteiger partial charge in [0, 0.05) is 17.5 Å². The molecule has 0 aliphatic heterocycles. The first kappa shape index (κ1) is 7.73. The zero-order valence-electron chi connectivity index (χ0n) is 6.86. The van der Waals surface area contributed by atoms with Gasteiger partial charge in [-0.1, -0.05) is 0 Å². The fraction of sp³-hybridized carbons (Fsp3) is 0. The van der Waals surface area contributed by atoms with E-state index >= 15 is 0 Å². The first-order valence-electron chi connectivity index (χ1n) is 3.93. The third kappa shape index (κ3) is 1.36. The summed E-state index contributed by atoms with van der Waals surface area (Å²) in [5, 5.41) is 18.3. The second kappa shape index (κ2) is 2.86. The Kier molecular flexibility index (Phi) is 1.70. The Morgan fingerprint density at radius 3 is 2.46 bits per heavy atom. The molecule has 0 fully saturated rings. The van der Waals surface area contributed by atoms with E-state index in [0.717, 1.165) is 11.3 Å². The number of hydrogen-bond acceptors (Lipinski definition) is 2. The average molecular weight is 175 g/mol. The molecule has 0 saturated heterocycles. The Morgan fingerprint density at radius 2 is 1.85 bits per heavy atom. The monoisotopic (exact) mass is 175 g/mol. The number of aromatic hydroxyl groups is 2. The molecule has 0 unspecified atom stereocenters. The molecule has 0 amide bonds. The molecule has 13 heavy (non-hydrogen) atoms. The molecule has 3 N–H and O–H groups in total. The third-order valence-corrected chi connectivity index (χ3v) is 1.88. The van der Waals surface area contributed by atoms with Gasteiger partial charge < -0.3 is 15.2 Å². The fourth-order valence-corrected chi connectivity index (χ4v) is 1.20. The summed E-state index contributed by atoms with van der Waals surface area (Å²) in [6.07, 6.45) is 1.80. The minimum Gasteiger partial charge on any atom is -0.504 e. The van der Waals surface area contributed by atoms with E-state index < -0.39 is 0 Å². The maximum absolute atomic E-state index is 9.24. The summed E-state index contributed by atoms with van der Waals surface area (Å²) in [5.41, 5.74) is 1.76. The Balaban J connectivity index is 2.49. The molecule has 1 heterocycles. The Bertz CT molecular complexity index is 407. The number of rotatable bonds is 1. The summed E-state index contributed by atoms with van der Waals surface area (Å²) in [5.74, 6) is -0.206. The molecule has 0 aliphatic rings. The van der Waals surface area contributed by atoms with Gasteiger partial charge in [-0.15, -0.1) is 0 Å². The van der Waals surface area contributed by atoms with E-state index in [-0.39, 0.29) is 11.5 Å². The van der Waals surface area contributed by atoms with Crippen molar-refractivity contribution >= 4 is 0 Å². The molecule has 2 aromatic rings. The summed E-state index contributed by atoms with van der Waals surface area (Å²) >= 11 is 0. The number of phenols is 2. The van der Waals surface area contributed by atoms with Crippen molar-refractivity contribution in [2.45, 2.75) is 0 Å². The quantitative estimate of drug-likeness (QED) is 0.581. The van der Waals surface area contributed by atoms with Crippen LogP contribution in [-0.4, -0.2) is 15.2 Å². The molecule has 0 aliphatic carbocycles. The van der Waals surface area contributed by atoms with E-state index in [0.29, 0.717) is 0 Å². The SMILES string of the molecule is Oc1ccc(-c2ccc[nH]2)cc1O. The minimum atomic E-state index is -0.105. The number of H-pyrrole nitrogens is 1. The van der Waals surface area contributed by atoms with E-state index in [1.54, 1.807) is 12.3 Å². The van der Waals surface area contributed by atoms with Gasteiger partial charge in [0.15, 0.2) is 11.5 Å². The van der Waals surface area contributed by atoms with Crippen molar-refractivity contribution in [3.63, 3.8) is 0 Å². The van der Waals surface area contributed by atoms with Crippen molar-refractivity contribution in [2.24, 2.45) is 0 Å². The van der Waals surface area contributed by atoms with Gasteiger partial charge in [-0.2, -0.15) is 0 Å². The second-order valence-electron chi connectivity index (χ2n) is 2.79. The first-order valence-corrected chi connectivity index (χ1v) is 3.93. The molecule has 0 bridgehead atoms. The Labute approximate surface area is 75.3 Å². The molecular formula is C10H9NO2. The van der Waals surface area contributed by atoms with Crippen molar-refractivity contribution < 1.29 is 10.2 Å². The van der Waals surface area contributed by atoms with Gasteiger partial charge in [-0.25, -0.2) is 0 Å². The van der Waals surface area contributed by atoms with Gasteiger partial charge in [-0.3, -0.25) is 0 Å². The first-order chi connectivity index (χ1) is 6.27. The van der Waals surface area contributed by atoms with Gasteiger partial charge in [-0.05, 0) is 30.3 Å². The summed E-state index contributed by atoms with van der Waals surface area (Å²) in [4.78, 5) is 3.01. The highest BCUT2D eigenvalue weighted by molar-refractivity contribution is 5.63. The van der Waals surface area contributed by atoms with E-state index in [1.807, 2.05) is 12.1 Å². The van der Waals surface area contributed by atoms with E-state index in [2.05, 4.69) is 4.98 Å². The van der Waals surface area contributed by atoms with Crippen LogP contribution in [0.1, 0.15) is 0 Å². The summed E-state index contributed by atoms with van der Waals surface area (Å²) < 4.78 is 0. The number of aromatic amines is 1. The van der Waals surface area contributed by atoms with Crippen LogP contribution in [-0.2, 0) is 0 Å². The van der Waals surface area contributed by atoms with Crippen molar-refractivity contribution in [1.82, 2.24) is 4.98 Å². The molecule has 0 atom stereocenters. The van der Waals surface area contributed by atoms with Gasteiger partial charge in [0.1, 0.15) is 0 Å². The van der Waals surface area contributed by atoms with Crippen LogP contribution < -0.4 is 0 Å². The highest BCUT2D eigenvalue weighted by Gasteiger charge is 2.02. The van der Waals surface area contributed by atoms with Crippen LogP contribution in [0.4, 0.5) is 0 Å². The van der Waals surface area contributed by atoms with Crippen molar-refractivity contribution in [3.05, 3.63) is 36.5 Å². The maximum atomic E-state index is 9.24. The van der Waals surface area contributed by atoms with Crippen molar-refractivity contribution in [2.75, 3.05) is 0 Å². The van der Waals surface area contributed by atoms with Crippen LogP contribution in [0.15, 0.2) is 36.5 Å². The number of aromatic nitrogens is 1. The van der Waals surface area contributed by atoms with Crippen LogP contribution in [0.25, 0.3) is 11.3 Å². The van der Waals surface area contributed by atoms with Crippen LogP contribution in [0.2, 0.25) is 0 Å². The van der Waals surface area contributed by atoms with Crippen molar-refractivity contribution in [3.8, 4) is 22.8 Å². The lowest BCUT2D eigenvalue weighted by Crippen LogP contribution is -1.76. The lowest BCUT2D eigenvalue weighted by molar-refractivity contribution is 0.404. The molecular weight excluding hydrogens is 166 g/mol. The van der Waals surface area contributed by atoms with Gasteiger partial charge in [0.05, 0.1) is 0 Å². The van der Waals surface area contributed by atoms with Crippen LogP contribution >= 0.6 is 0 Å². The van der Waals surface area contributed by atoms with Crippen LogP contribution in [0.3, 0.4) is 0 Å². The summed E-state index contributed by atoms with van der Waals surface area (Å²) in [7, 11) is 0. The standard InChI is InChI=1S/C10H9NO2/c12-9-4-3-7(6-10(9)13)8-2-1-5-11-8/h1-6,11-13H. The number of nitrogens with one attached hydrogen (secondary N) is 1. The molecule has 3 heteroatoms. The second-order valence-corrected chi connectivity index (χ2v) is 2.79. The van der Waals surface area contributed by atoms with E-state index in [1.165, 1.54) is 12.1 Å². The lowest BCUT2D eigenvalue weighted by atomic mass is 10.1. The fourth-order valence-electron chi connectivity index (χ4n) is 1.20. The molecule has 1 aromatic heterocycles. The zero-order valence-corrected chi connectivity index (χ0v) is 6.86. The lowest BCUT2D eigenvalue weighted by Gasteiger charge is -2.00. The zero-order chi connectivity index (χ0) is 9.26. The predicted octanol–water partition coefficient (Wildman–Crippen LogP) is 2.09. The summed E-state index contributed by atoms with van der Waals surface area (Å²) in [6, 6.07) is 8.48. The van der Waals surface area contributed by atoms with Crippen LogP contribution in [0.5, 0.6) is 11.5 Å². The number of hydrogen-bond donors (Lipinski definition) is 3. The largest absolute Gasteiger partial charge is 0.504 e. The number of phenolic OH excluding ortho intramolecular Hbond substituents is 2. The topological polar surface area (TPSA) is 56.2 Å². The predicted molar refractivity (Wildman–Crippen MR) is 49.6 cm³/mol. The molecule has 1 aromatic carbocycles. The van der Waals surface area contributed by atoms with E-state index in [9.17, 15) is 5.11 Å². The highest BCUT2D eigenvalue weighted by Crippen LogP contribution is 2.29. The molecule has 0 spiro atoms. The van der Waals surface area contributed by atoms with Crippen LogP contribution in [0, 0.1) is 0 Å². The summed E-state index contributed by atoms with van der Waals surface area (Å²) in [6.45, 7) is 0. The maximum Gasteiger partial charge on any atom is 0.158 e. The highest BCUT2D eigenvalue weighted by atomic mass is 16.3. The van der Waals surface area contributed by atoms with Gasteiger partial charge in [0.25, 0.3) is 0 Å². The Hall–Kier alpha value is -1.90.